The number of carbonyl (C=O) groups is 2. The van der Waals surface area contributed by atoms with Gasteiger partial charge >= 0.3 is 6.03 Å². The number of methoxy groups -OCH3 is 1. The van der Waals surface area contributed by atoms with Crippen molar-refractivity contribution in [3.8, 4) is 5.75 Å². The SMILES string of the molecule is COc1ccc(CCN2CC3=C(C2=O)[C@H](c2ccc(Cl)c(Cl)c2)NC(=O)N3)cc1. The van der Waals surface area contributed by atoms with E-state index in [0.717, 1.165) is 11.3 Å². The number of benzene rings is 2. The highest BCUT2D eigenvalue weighted by atomic mass is 35.5. The van der Waals surface area contributed by atoms with E-state index >= 15 is 0 Å². The normalized spacial score (nSPS) is 18.4. The van der Waals surface area contributed by atoms with Crippen LogP contribution in [0, 0.1) is 0 Å². The summed E-state index contributed by atoms with van der Waals surface area (Å²) in [6.45, 7) is 0.914. The molecule has 0 spiro atoms. The molecule has 29 heavy (non-hydrogen) atoms. The summed E-state index contributed by atoms with van der Waals surface area (Å²) in [7, 11) is 1.63. The Morgan fingerprint density at radius 2 is 1.86 bits per heavy atom. The second kappa shape index (κ2) is 7.97. The predicted octanol–water partition coefficient (Wildman–Crippen LogP) is 3.69. The summed E-state index contributed by atoms with van der Waals surface area (Å²) in [5.74, 6) is 0.693. The third kappa shape index (κ3) is 3.91. The van der Waals surface area contributed by atoms with Crippen LogP contribution in [0.2, 0.25) is 10.0 Å². The topological polar surface area (TPSA) is 70.7 Å². The molecule has 2 N–H and O–H groups in total. The number of ether oxygens (including phenoxy) is 1. The van der Waals surface area contributed by atoms with Gasteiger partial charge in [-0.25, -0.2) is 4.79 Å². The molecule has 1 atom stereocenters. The van der Waals surface area contributed by atoms with Crippen molar-refractivity contribution in [2.24, 2.45) is 0 Å². The monoisotopic (exact) mass is 431 g/mol. The van der Waals surface area contributed by atoms with Crippen LogP contribution in [-0.2, 0) is 11.2 Å². The van der Waals surface area contributed by atoms with Gasteiger partial charge in [0.15, 0.2) is 0 Å². The Kier molecular flexibility index (Phi) is 5.39. The molecule has 2 aromatic rings. The van der Waals surface area contributed by atoms with Crippen molar-refractivity contribution in [2.75, 3.05) is 20.2 Å². The van der Waals surface area contributed by atoms with Crippen molar-refractivity contribution in [3.63, 3.8) is 0 Å². The first-order chi connectivity index (χ1) is 14.0. The average molecular weight is 432 g/mol. The molecule has 2 aliphatic rings. The Labute approximate surface area is 178 Å². The zero-order valence-corrected chi connectivity index (χ0v) is 17.2. The summed E-state index contributed by atoms with van der Waals surface area (Å²) in [6.07, 6.45) is 0.703. The summed E-state index contributed by atoms with van der Waals surface area (Å²) >= 11 is 12.1. The number of carbonyl (C=O) groups excluding carboxylic acids is 2. The highest BCUT2D eigenvalue weighted by molar-refractivity contribution is 6.42. The van der Waals surface area contributed by atoms with E-state index in [1.807, 2.05) is 24.3 Å². The number of urea groups is 1. The lowest BCUT2D eigenvalue weighted by molar-refractivity contribution is -0.125. The summed E-state index contributed by atoms with van der Waals surface area (Å²) in [5.41, 5.74) is 2.99. The fourth-order valence-electron chi connectivity index (χ4n) is 3.61. The molecule has 2 aliphatic heterocycles. The molecule has 0 radical (unpaired) electrons. The zero-order valence-electron chi connectivity index (χ0n) is 15.7. The molecule has 0 unspecified atom stereocenters. The van der Waals surface area contributed by atoms with E-state index in [4.69, 9.17) is 27.9 Å². The molecule has 0 saturated carbocycles. The fraction of sp³-hybridized carbons (Fsp3) is 0.238. The van der Waals surface area contributed by atoms with Gasteiger partial charge in [0, 0.05) is 6.54 Å². The van der Waals surface area contributed by atoms with E-state index in [9.17, 15) is 9.59 Å². The third-order valence-corrected chi connectivity index (χ3v) is 5.87. The standard InChI is InChI=1S/C21H19Cl2N3O3/c1-29-14-5-2-12(3-6-14)8-9-26-11-17-18(20(26)27)19(25-21(28)24-17)13-4-7-15(22)16(23)10-13/h2-7,10,19H,8-9,11H2,1H3,(H2,24,25,28)/t19-/m0/s1. The average Bonchev–Trinajstić information content (AvgIpc) is 3.03. The molecule has 0 fully saturated rings. The van der Waals surface area contributed by atoms with Gasteiger partial charge < -0.3 is 20.3 Å². The van der Waals surface area contributed by atoms with E-state index in [1.165, 1.54) is 0 Å². The van der Waals surface area contributed by atoms with Crippen LogP contribution in [-0.4, -0.2) is 37.0 Å². The molecule has 6 nitrogen and oxygen atoms in total. The number of hydrogen-bond acceptors (Lipinski definition) is 3. The molecule has 4 rings (SSSR count). The number of rotatable bonds is 5. The number of amides is 3. The lowest BCUT2D eigenvalue weighted by Crippen LogP contribution is -2.44. The van der Waals surface area contributed by atoms with E-state index in [0.29, 0.717) is 46.4 Å². The van der Waals surface area contributed by atoms with Crippen LogP contribution in [0.5, 0.6) is 5.75 Å². The molecule has 0 aromatic heterocycles. The van der Waals surface area contributed by atoms with Crippen molar-refractivity contribution in [3.05, 3.63) is 74.9 Å². The van der Waals surface area contributed by atoms with Gasteiger partial charge in [0.25, 0.3) is 5.91 Å². The van der Waals surface area contributed by atoms with Crippen LogP contribution in [0.1, 0.15) is 17.2 Å². The van der Waals surface area contributed by atoms with Gasteiger partial charge in [-0.05, 0) is 41.8 Å². The fourth-order valence-corrected chi connectivity index (χ4v) is 3.91. The first-order valence-electron chi connectivity index (χ1n) is 9.14. The van der Waals surface area contributed by atoms with Gasteiger partial charge in [0.05, 0.1) is 41.0 Å². The van der Waals surface area contributed by atoms with Crippen LogP contribution in [0.4, 0.5) is 4.79 Å². The highest BCUT2D eigenvalue weighted by Gasteiger charge is 2.40. The molecular formula is C21H19Cl2N3O3. The van der Waals surface area contributed by atoms with E-state index < -0.39 is 6.04 Å². The quantitative estimate of drug-likeness (QED) is 0.757. The van der Waals surface area contributed by atoms with Gasteiger partial charge in [-0.1, -0.05) is 41.4 Å². The maximum absolute atomic E-state index is 13.1. The van der Waals surface area contributed by atoms with Crippen molar-refractivity contribution in [1.29, 1.82) is 0 Å². The van der Waals surface area contributed by atoms with Crippen molar-refractivity contribution in [2.45, 2.75) is 12.5 Å². The lowest BCUT2D eigenvalue weighted by atomic mass is 9.96. The maximum Gasteiger partial charge on any atom is 0.319 e. The smallest absolute Gasteiger partial charge is 0.319 e. The molecule has 0 bridgehead atoms. The van der Waals surface area contributed by atoms with Crippen LogP contribution in [0.15, 0.2) is 53.7 Å². The van der Waals surface area contributed by atoms with Crippen molar-refractivity contribution < 1.29 is 14.3 Å². The van der Waals surface area contributed by atoms with Gasteiger partial charge in [0.1, 0.15) is 5.75 Å². The number of hydrogen-bond donors (Lipinski definition) is 2. The molecule has 2 heterocycles. The zero-order chi connectivity index (χ0) is 20.5. The minimum absolute atomic E-state index is 0.0999. The Balaban J connectivity index is 1.52. The second-order valence-corrected chi connectivity index (χ2v) is 7.74. The number of halogens is 2. The van der Waals surface area contributed by atoms with E-state index in [-0.39, 0.29) is 11.9 Å². The van der Waals surface area contributed by atoms with Crippen molar-refractivity contribution in [1.82, 2.24) is 15.5 Å². The van der Waals surface area contributed by atoms with Gasteiger partial charge in [-0.15, -0.1) is 0 Å². The largest absolute Gasteiger partial charge is 0.497 e. The van der Waals surface area contributed by atoms with E-state index in [2.05, 4.69) is 10.6 Å². The van der Waals surface area contributed by atoms with E-state index in [1.54, 1.807) is 30.2 Å². The Morgan fingerprint density at radius 1 is 1.10 bits per heavy atom. The maximum atomic E-state index is 13.1. The van der Waals surface area contributed by atoms with Gasteiger partial charge in [-0.3, -0.25) is 4.79 Å². The van der Waals surface area contributed by atoms with Crippen LogP contribution in [0.3, 0.4) is 0 Å². The molecule has 3 amide bonds. The molecule has 0 aliphatic carbocycles. The minimum Gasteiger partial charge on any atom is -0.497 e. The predicted molar refractivity (Wildman–Crippen MR) is 111 cm³/mol. The third-order valence-electron chi connectivity index (χ3n) is 5.13. The molecule has 150 valence electrons. The molecule has 2 aromatic carbocycles. The summed E-state index contributed by atoms with van der Waals surface area (Å²) < 4.78 is 5.17. The minimum atomic E-state index is -0.563. The number of nitrogens with one attached hydrogen (secondary N) is 2. The summed E-state index contributed by atoms with van der Waals surface area (Å²) in [6, 6.07) is 12.0. The van der Waals surface area contributed by atoms with Gasteiger partial charge in [0.2, 0.25) is 0 Å². The molecule has 0 saturated heterocycles. The molecule has 8 heteroatoms. The Hall–Kier alpha value is -2.70. The second-order valence-electron chi connectivity index (χ2n) is 6.92. The lowest BCUT2D eigenvalue weighted by Gasteiger charge is -2.25. The first kappa shape index (κ1) is 19.6. The summed E-state index contributed by atoms with van der Waals surface area (Å²) in [4.78, 5) is 27.0. The first-order valence-corrected chi connectivity index (χ1v) is 9.89. The van der Waals surface area contributed by atoms with Crippen LogP contribution >= 0.6 is 23.2 Å². The Morgan fingerprint density at radius 3 is 2.55 bits per heavy atom. The van der Waals surface area contributed by atoms with Crippen LogP contribution < -0.4 is 15.4 Å². The molecular weight excluding hydrogens is 413 g/mol. The van der Waals surface area contributed by atoms with Gasteiger partial charge in [-0.2, -0.15) is 0 Å². The van der Waals surface area contributed by atoms with Crippen molar-refractivity contribution >= 4 is 35.1 Å². The number of nitrogens with zero attached hydrogens (tertiary/aromatic N) is 1. The Bertz CT molecular complexity index is 1000. The summed E-state index contributed by atoms with van der Waals surface area (Å²) in [5, 5.41) is 6.38. The highest BCUT2D eigenvalue weighted by Crippen LogP contribution is 2.35. The van der Waals surface area contributed by atoms with Crippen LogP contribution in [0.25, 0.3) is 0 Å².